The summed E-state index contributed by atoms with van der Waals surface area (Å²) in [6.45, 7) is 2.57. The molecule has 3 aromatic rings. The third kappa shape index (κ3) is 3.06. The van der Waals surface area contributed by atoms with E-state index >= 15 is 0 Å². The van der Waals surface area contributed by atoms with E-state index in [1.165, 1.54) is 0 Å². The Hall–Kier alpha value is -3.15. The van der Waals surface area contributed by atoms with Gasteiger partial charge in [-0.25, -0.2) is 0 Å². The summed E-state index contributed by atoms with van der Waals surface area (Å²) in [6.07, 6.45) is 0.373. The second-order valence-electron chi connectivity index (χ2n) is 6.43. The van der Waals surface area contributed by atoms with Gasteiger partial charge >= 0.3 is 0 Å². The van der Waals surface area contributed by atoms with Crippen LogP contribution in [0.3, 0.4) is 0 Å². The van der Waals surface area contributed by atoms with Crippen molar-refractivity contribution in [2.75, 3.05) is 18.6 Å². The predicted molar refractivity (Wildman–Crippen MR) is 97.2 cm³/mol. The first-order chi connectivity index (χ1) is 12.6. The summed E-state index contributed by atoms with van der Waals surface area (Å²) in [4.78, 5) is 18.7. The second kappa shape index (κ2) is 6.63. The summed E-state index contributed by atoms with van der Waals surface area (Å²) in [7, 11) is 1.62. The maximum atomic E-state index is 12.4. The summed E-state index contributed by atoms with van der Waals surface area (Å²) in [6, 6.07) is 15.4. The summed E-state index contributed by atoms with van der Waals surface area (Å²) < 4.78 is 10.6. The van der Waals surface area contributed by atoms with E-state index in [-0.39, 0.29) is 11.8 Å². The molecule has 2 aromatic carbocycles. The van der Waals surface area contributed by atoms with Crippen molar-refractivity contribution in [1.29, 1.82) is 0 Å². The van der Waals surface area contributed by atoms with E-state index in [2.05, 4.69) is 10.1 Å². The minimum Gasteiger partial charge on any atom is -0.497 e. The Labute approximate surface area is 151 Å². The molecular weight excluding hydrogens is 330 g/mol. The van der Waals surface area contributed by atoms with Gasteiger partial charge in [-0.1, -0.05) is 22.9 Å². The third-order valence-corrected chi connectivity index (χ3v) is 4.61. The minimum atomic E-state index is -0.0942. The molecule has 1 atom stereocenters. The summed E-state index contributed by atoms with van der Waals surface area (Å²) in [5.41, 5.74) is 2.91. The molecule has 132 valence electrons. The third-order valence-electron chi connectivity index (χ3n) is 4.61. The number of amides is 1. The fraction of sp³-hybridized carbons (Fsp3) is 0.250. The molecular formula is C20H19N3O3. The van der Waals surface area contributed by atoms with E-state index in [0.717, 1.165) is 22.6 Å². The van der Waals surface area contributed by atoms with Crippen molar-refractivity contribution in [2.24, 2.45) is 0 Å². The van der Waals surface area contributed by atoms with Crippen LogP contribution in [0.2, 0.25) is 0 Å². The smallest absolute Gasteiger partial charge is 0.232 e. The Morgan fingerprint density at radius 2 is 1.85 bits per heavy atom. The molecule has 1 aliphatic heterocycles. The van der Waals surface area contributed by atoms with Crippen molar-refractivity contribution < 1.29 is 14.1 Å². The molecule has 0 N–H and O–H groups in total. The van der Waals surface area contributed by atoms with Crippen LogP contribution in [0.25, 0.3) is 11.4 Å². The van der Waals surface area contributed by atoms with Crippen LogP contribution in [0, 0.1) is 6.92 Å². The van der Waals surface area contributed by atoms with Gasteiger partial charge in [0.25, 0.3) is 0 Å². The van der Waals surface area contributed by atoms with Gasteiger partial charge in [-0.15, -0.1) is 0 Å². The number of methoxy groups -OCH3 is 1. The highest BCUT2D eigenvalue weighted by Gasteiger charge is 2.35. The van der Waals surface area contributed by atoms with E-state index in [0.29, 0.717) is 24.7 Å². The lowest BCUT2D eigenvalue weighted by Crippen LogP contribution is -2.24. The number of hydrogen-bond donors (Lipinski definition) is 0. The maximum Gasteiger partial charge on any atom is 0.232 e. The molecule has 0 saturated carbocycles. The van der Waals surface area contributed by atoms with Crippen LogP contribution in [-0.4, -0.2) is 29.7 Å². The topological polar surface area (TPSA) is 68.5 Å². The first kappa shape index (κ1) is 16.3. The monoisotopic (exact) mass is 349 g/mol. The van der Waals surface area contributed by atoms with Gasteiger partial charge in [0.05, 0.1) is 13.0 Å². The molecule has 4 rings (SSSR count). The molecule has 1 saturated heterocycles. The van der Waals surface area contributed by atoms with E-state index in [1.54, 1.807) is 12.0 Å². The number of ether oxygens (including phenoxy) is 1. The van der Waals surface area contributed by atoms with Crippen molar-refractivity contribution in [3.05, 3.63) is 60.0 Å². The van der Waals surface area contributed by atoms with E-state index < -0.39 is 0 Å². The van der Waals surface area contributed by atoms with Crippen molar-refractivity contribution in [3.8, 4) is 17.1 Å². The van der Waals surface area contributed by atoms with Crippen molar-refractivity contribution in [2.45, 2.75) is 19.3 Å². The zero-order chi connectivity index (χ0) is 18.1. The van der Waals surface area contributed by atoms with Crippen LogP contribution in [0.1, 0.15) is 23.8 Å². The molecule has 6 nitrogen and oxygen atoms in total. The van der Waals surface area contributed by atoms with Gasteiger partial charge in [-0.05, 0) is 43.3 Å². The van der Waals surface area contributed by atoms with Gasteiger partial charge in [0, 0.05) is 24.2 Å². The van der Waals surface area contributed by atoms with Gasteiger partial charge in [0.1, 0.15) is 5.75 Å². The lowest BCUT2D eigenvalue weighted by Gasteiger charge is -2.16. The number of nitrogens with zero attached hydrogens (tertiary/aromatic N) is 3. The highest BCUT2D eigenvalue weighted by molar-refractivity contribution is 5.96. The van der Waals surface area contributed by atoms with Crippen molar-refractivity contribution in [1.82, 2.24) is 10.1 Å². The molecule has 1 fully saturated rings. The SMILES string of the molecule is COc1ccc(-c2noc([C@H]3CC(=O)N(c4ccc(C)cc4)C3)n2)cc1. The highest BCUT2D eigenvalue weighted by Crippen LogP contribution is 2.32. The molecule has 1 aliphatic rings. The number of carbonyl (C=O) groups excluding carboxylic acids is 1. The van der Waals surface area contributed by atoms with E-state index in [1.807, 2.05) is 55.5 Å². The number of anilines is 1. The molecule has 0 spiro atoms. The minimum absolute atomic E-state index is 0.0723. The molecule has 0 unspecified atom stereocenters. The lowest BCUT2D eigenvalue weighted by molar-refractivity contribution is -0.117. The van der Waals surface area contributed by atoms with Gasteiger partial charge in [-0.3, -0.25) is 4.79 Å². The highest BCUT2D eigenvalue weighted by atomic mass is 16.5. The largest absolute Gasteiger partial charge is 0.497 e. The Morgan fingerprint density at radius 3 is 2.54 bits per heavy atom. The Balaban J connectivity index is 1.52. The summed E-state index contributed by atoms with van der Waals surface area (Å²) in [5.74, 6) is 1.77. The van der Waals surface area contributed by atoms with Gasteiger partial charge < -0.3 is 14.2 Å². The molecule has 26 heavy (non-hydrogen) atoms. The Kier molecular flexibility index (Phi) is 4.16. The lowest BCUT2D eigenvalue weighted by atomic mass is 10.1. The maximum absolute atomic E-state index is 12.4. The fourth-order valence-electron chi connectivity index (χ4n) is 3.11. The number of aryl methyl sites for hydroxylation is 1. The summed E-state index contributed by atoms with van der Waals surface area (Å²) >= 11 is 0. The number of aromatic nitrogens is 2. The van der Waals surface area contributed by atoms with Gasteiger partial charge in [0.2, 0.25) is 17.6 Å². The first-order valence-corrected chi connectivity index (χ1v) is 8.49. The molecule has 1 amide bonds. The standard InChI is InChI=1S/C20H19N3O3/c1-13-3-7-16(8-4-13)23-12-15(11-18(23)24)20-21-19(22-26-20)14-5-9-17(25-2)10-6-14/h3-10,15H,11-12H2,1-2H3/t15-/m0/s1. The second-order valence-corrected chi connectivity index (χ2v) is 6.43. The van der Waals surface area contributed by atoms with Crippen LogP contribution < -0.4 is 9.64 Å². The van der Waals surface area contributed by atoms with Crippen molar-refractivity contribution in [3.63, 3.8) is 0 Å². The quantitative estimate of drug-likeness (QED) is 0.720. The van der Waals surface area contributed by atoms with Crippen LogP contribution in [-0.2, 0) is 4.79 Å². The number of carbonyl (C=O) groups is 1. The molecule has 2 heterocycles. The van der Waals surface area contributed by atoms with Crippen LogP contribution in [0.5, 0.6) is 5.75 Å². The predicted octanol–water partition coefficient (Wildman–Crippen LogP) is 3.57. The first-order valence-electron chi connectivity index (χ1n) is 8.49. The number of hydrogen-bond acceptors (Lipinski definition) is 5. The zero-order valence-electron chi connectivity index (χ0n) is 14.7. The molecule has 1 aromatic heterocycles. The van der Waals surface area contributed by atoms with E-state index in [4.69, 9.17) is 9.26 Å². The number of benzene rings is 2. The fourth-order valence-corrected chi connectivity index (χ4v) is 3.11. The van der Waals surface area contributed by atoms with Crippen molar-refractivity contribution >= 4 is 11.6 Å². The average molecular weight is 349 g/mol. The van der Waals surface area contributed by atoms with E-state index in [9.17, 15) is 4.79 Å². The van der Waals surface area contributed by atoms with Gasteiger partial charge in [0.15, 0.2) is 0 Å². The number of rotatable bonds is 4. The van der Waals surface area contributed by atoms with Gasteiger partial charge in [-0.2, -0.15) is 4.98 Å². The Morgan fingerprint density at radius 1 is 1.12 bits per heavy atom. The van der Waals surface area contributed by atoms with Crippen LogP contribution in [0.15, 0.2) is 53.1 Å². The summed E-state index contributed by atoms with van der Waals surface area (Å²) in [5, 5.41) is 4.06. The zero-order valence-corrected chi connectivity index (χ0v) is 14.7. The normalized spacial score (nSPS) is 16.9. The Bertz CT molecular complexity index is 916. The molecule has 0 radical (unpaired) electrons. The average Bonchev–Trinajstić information content (AvgIpc) is 3.29. The molecule has 0 bridgehead atoms. The van der Waals surface area contributed by atoms with Crippen LogP contribution >= 0.6 is 0 Å². The molecule has 6 heteroatoms. The van der Waals surface area contributed by atoms with Crippen LogP contribution in [0.4, 0.5) is 5.69 Å². The molecule has 0 aliphatic carbocycles.